The minimum atomic E-state index is -0.602. The molecule has 0 unspecified atom stereocenters. The number of rotatable bonds is 4. The maximum atomic E-state index is 11.7. The van der Waals surface area contributed by atoms with Crippen LogP contribution in [0.2, 0.25) is 0 Å². The van der Waals surface area contributed by atoms with Gasteiger partial charge in [0.25, 0.3) is 0 Å². The van der Waals surface area contributed by atoms with Crippen LogP contribution >= 0.6 is 0 Å². The zero-order valence-electron chi connectivity index (χ0n) is 11.6. The molecule has 0 spiro atoms. The fourth-order valence-corrected chi connectivity index (χ4v) is 1.75. The molecule has 0 amide bonds. The van der Waals surface area contributed by atoms with E-state index in [1.165, 1.54) is 6.08 Å². The number of benzene rings is 2. The molecule has 0 aliphatic heterocycles. The van der Waals surface area contributed by atoms with Gasteiger partial charge in [0.15, 0.2) is 0 Å². The Labute approximate surface area is 123 Å². The van der Waals surface area contributed by atoms with Gasteiger partial charge in [-0.2, -0.15) is 0 Å². The first-order valence-corrected chi connectivity index (χ1v) is 6.37. The lowest BCUT2D eigenvalue weighted by molar-refractivity contribution is -0.129. The summed E-state index contributed by atoms with van der Waals surface area (Å²) < 4.78 is 10.1. The topological polar surface area (TPSA) is 59.4 Å². The minimum absolute atomic E-state index is 0.176. The second kappa shape index (κ2) is 7.05. The number of methoxy groups -OCH3 is 1. The lowest BCUT2D eigenvalue weighted by Crippen LogP contribution is -2.10. The molecule has 2 aromatic carbocycles. The first-order valence-electron chi connectivity index (χ1n) is 6.37. The van der Waals surface area contributed by atoms with E-state index in [2.05, 4.69) is 0 Å². The highest BCUT2D eigenvalue weighted by molar-refractivity contribution is 6.02. The van der Waals surface area contributed by atoms with E-state index in [1.807, 2.05) is 24.3 Å². The van der Waals surface area contributed by atoms with Gasteiger partial charge in [-0.1, -0.05) is 36.4 Å². The van der Waals surface area contributed by atoms with Crippen molar-refractivity contribution in [3.8, 4) is 5.75 Å². The Kier molecular flexibility index (Phi) is 4.88. The van der Waals surface area contributed by atoms with Crippen LogP contribution in [0, 0.1) is 5.41 Å². The highest BCUT2D eigenvalue weighted by Crippen LogP contribution is 2.18. The number of carbonyl (C=O) groups is 1. The van der Waals surface area contributed by atoms with Gasteiger partial charge in [0.05, 0.1) is 7.11 Å². The maximum Gasteiger partial charge on any atom is 0.337 e. The average molecular weight is 281 g/mol. The van der Waals surface area contributed by atoms with Crippen LogP contribution in [0.25, 0.3) is 6.08 Å². The average Bonchev–Trinajstić information content (AvgIpc) is 2.54. The van der Waals surface area contributed by atoms with E-state index in [9.17, 15) is 4.79 Å². The Balaban J connectivity index is 2.02. The smallest absolute Gasteiger partial charge is 0.337 e. The number of hydrogen-bond donors (Lipinski definition) is 1. The molecular weight excluding hydrogens is 266 g/mol. The zero-order valence-corrected chi connectivity index (χ0v) is 11.6. The standard InChI is InChI=1S/C17H15NO3/c1-20-15-10-6-5-7-13(15)11-12-16(19)21-17(18)14-8-3-2-4-9-14/h2-12,18H,1H3/b12-11+,18-17?. The largest absolute Gasteiger partial charge is 0.496 e. The fourth-order valence-electron chi connectivity index (χ4n) is 1.75. The molecule has 2 aromatic rings. The molecule has 4 heteroatoms. The van der Waals surface area contributed by atoms with Crippen LogP contribution in [0.1, 0.15) is 11.1 Å². The van der Waals surface area contributed by atoms with E-state index in [1.54, 1.807) is 43.5 Å². The molecule has 21 heavy (non-hydrogen) atoms. The normalized spacial score (nSPS) is 10.3. The summed E-state index contributed by atoms with van der Waals surface area (Å²) in [5.41, 5.74) is 1.32. The molecule has 0 aliphatic rings. The van der Waals surface area contributed by atoms with E-state index < -0.39 is 5.97 Å². The van der Waals surface area contributed by atoms with Gasteiger partial charge < -0.3 is 9.47 Å². The minimum Gasteiger partial charge on any atom is -0.496 e. The molecule has 0 aromatic heterocycles. The first kappa shape index (κ1) is 14.5. The number of esters is 1. The van der Waals surface area contributed by atoms with E-state index in [4.69, 9.17) is 14.9 Å². The molecule has 4 nitrogen and oxygen atoms in total. The lowest BCUT2D eigenvalue weighted by Gasteiger charge is -2.04. The highest BCUT2D eigenvalue weighted by Gasteiger charge is 2.06. The van der Waals surface area contributed by atoms with Crippen LogP contribution in [0.3, 0.4) is 0 Å². The van der Waals surface area contributed by atoms with Crippen molar-refractivity contribution in [3.63, 3.8) is 0 Å². The first-order chi connectivity index (χ1) is 10.2. The van der Waals surface area contributed by atoms with Crippen molar-refractivity contribution in [2.75, 3.05) is 7.11 Å². The van der Waals surface area contributed by atoms with Gasteiger partial charge in [-0.15, -0.1) is 0 Å². The number of hydrogen-bond acceptors (Lipinski definition) is 4. The Bertz CT molecular complexity index is 663. The highest BCUT2D eigenvalue weighted by atomic mass is 16.5. The Morgan fingerprint density at radius 1 is 1.05 bits per heavy atom. The van der Waals surface area contributed by atoms with Gasteiger partial charge in [0, 0.05) is 17.2 Å². The molecule has 0 atom stereocenters. The lowest BCUT2D eigenvalue weighted by atomic mass is 10.2. The quantitative estimate of drug-likeness (QED) is 0.405. The molecule has 1 N–H and O–H groups in total. The molecule has 106 valence electrons. The Morgan fingerprint density at radius 3 is 2.43 bits per heavy atom. The summed E-state index contributed by atoms with van der Waals surface area (Å²) in [4.78, 5) is 11.7. The molecule has 0 fully saturated rings. The molecule has 0 heterocycles. The van der Waals surface area contributed by atoms with Gasteiger partial charge in [-0.3, -0.25) is 5.41 Å². The molecule has 2 rings (SSSR count). The van der Waals surface area contributed by atoms with E-state index in [-0.39, 0.29) is 5.90 Å². The van der Waals surface area contributed by atoms with Crippen molar-refractivity contribution in [2.24, 2.45) is 0 Å². The molecule has 0 aliphatic carbocycles. The van der Waals surface area contributed by atoms with Gasteiger partial charge in [0.2, 0.25) is 5.90 Å². The summed E-state index contributed by atoms with van der Waals surface area (Å²) in [5.74, 6) is -0.111. The third-order valence-electron chi connectivity index (χ3n) is 2.78. The summed E-state index contributed by atoms with van der Waals surface area (Å²) in [5, 5.41) is 7.72. The van der Waals surface area contributed by atoms with Gasteiger partial charge in [0.1, 0.15) is 5.75 Å². The maximum absolute atomic E-state index is 11.7. The van der Waals surface area contributed by atoms with Crippen LogP contribution in [0.15, 0.2) is 60.7 Å². The molecular formula is C17H15NO3. The number of ether oxygens (including phenoxy) is 2. The summed E-state index contributed by atoms with van der Waals surface area (Å²) in [7, 11) is 1.57. The van der Waals surface area contributed by atoms with Crippen molar-refractivity contribution < 1.29 is 14.3 Å². The predicted molar refractivity (Wildman–Crippen MR) is 81.4 cm³/mol. The summed E-state index contributed by atoms with van der Waals surface area (Å²) in [6.45, 7) is 0. The molecule has 0 saturated carbocycles. The summed E-state index contributed by atoms with van der Waals surface area (Å²) in [6.07, 6.45) is 2.87. The SMILES string of the molecule is COc1ccccc1/C=C/C(=O)OC(=N)c1ccccc1. The third kappa shape index (κ3) is 4.04. The number of carbonyl (C=O) groups excluding carboxylic acids is 1. The van der Waals surface area contributed by atoms with E-state index in [0.717, 1.165) is 5.56 Å². The van der Waals surface area contributed by atoms with Crippen molar-refractivity contribution in [1.82, 2.24) is 0 Å². The summed E-state index contributed by atoms with van der Waals surface area (Å²) >= 11 is 0. The third-order valence-corrected chi connectivity index (χ3v) is 2.78. The molecule has 0 radical (unpaired) electrons. The number of nitrogens with one attached hydrogen (secondary N) is 1. The van der Waals surface area contributed by atoms with Gasteiger partial charge in [-0.05, 0) is 24.3 Å². The van der Waals surface area contributed by atoms with Crippen molar-refractivity contribution in [3.05, 3.63) is 71.8 Å². The van der Waals surface area contributed by atoms with Crippen LogP contribution in [0.4, 0.5) is 0 Å². The van der Waals surface area contributed by atoms with Crippen molar-refractivity contribution in [1.29, 1.82) is 5.41 Å². The van der Waals surface area contributed by atoms with Crippen molar-refractivity contribution >= 4 is 17.9 Å². The van der Waals surface area contributed by atoms with E-state index in [0.29, 0.717) is 11.3 Å². The molecule has 0 bridgehead atoms. The zero-order chi connectivity index (χ0) is 15.1. The fraction of sp³-hybridized carbons (Fsp3) is 0.0588. The monoisotopic (exact) mass is 281 g/mol. The van der Waals surface area contributed by atoms with Crippen LogP contribution in [0.5, 0.6) is 5.75 Å². The van der Waals surface area contributed by atoms with E-state index >= 15 is 0 Å². The van der Waals surface area contributed by atoms with Crippen molar-refractivity contribution in [2.45, 2.75) is 0 Å². The number of para-hydroxylation sites is 1. The second-order valence-corrected chi connectivity index (χ2v) is 4.19. The second-order valence-electron chi connectivity index (χ2n) is 4.19. The predicted octanol–water partition coefficient (Wildman–Crippen LogP) is 3.28. The van der Waals surface area contributed by atoms with Crippen LogP contribution < -0.4 is 4.74 Å². The summed E-state index contributed by atoms with van der Waals surface area (Å²) in [6, 6.07) is 16.1. The molecule has 0 saturated heterocycles. The van der Waals surface area contributed by atoms with Crippen LogP contribution in [-0.2, 0) is 9.53 Å². The Morgan fingerprint density at radius 2 is 1.71 bits per heavy atom. The Hall–Kier alpha value is -2.88. The van der Waals surface area contributed by atoms with Crippen LogP contribution in [-0.4, -0.2) is 19.0 Å². The van der Waals surface area contributed by atoms with Gasteiger partial charge in [-0.25, -0.2) is 4.79 Å². The van der Waals surface area contributed by atoms with Gasteiger partial charge >= 0.3 is 5.97 Å².